The molecule has 0 radical (unpaired) electrons. The number of benzene rings is 2. The molecule has 0 fully saturated rings. The monoisotopic (exact) mass is 463 g/mol. The van der Waals surface area contributed by atoms with Gasteiger partial charge in [-0.1, -0.05) is 12.1 Å². The maximum atomic E-state index is 13.4. The van der Waals surface area contributed by atoms with Crippen molar-refractivity contribution in [3.8, 4) is 11.4 Å². The normalized spacial score (nSPS) is 11.1. The highest BCUT2D eigenvalue weighted by Crippen LogP contribution is 2.26. The second-order valence-corrected chi connectivity index (χ2v) is 8.13. The molecule has 2 aromatic heterocycles. The van der Waals surface area contributed by atoms with Crippen molar-refractivity contribution in [3.63, 3.8) is 0 Å². The number of aromatic nitrogens is 2. The molecule has 4 rings (SSSR count). The Morgan fingerprint density at radius 3 is 2.50 bits per heavy atom. The number of halogens is 1. The van der Waals surface area contributed by atoms with E-state index < -0.39 is 5.97 Å². The van der Waals surface area contributed by atoms with Crippen LogP contribution < -0.4 is 10.1 Å². The lowest BCUT2D eigenvalue weighted by atomic mass is 10.2. The van der Waals surface area contributed by atoms with E-state index in [-0.39, 0.29) is 30.1 Å². The summed E-state index contributed by atoms with van der Waals surface area (Å²) in [6.07, 6.45) is 1.51. The van der Waals surface area contributed by atoms with E-state index in [0.717, 1.165) is 11.3 Å². The topological polar surface area (TPSA) is 74.5 Å². The molecule has 0 atom stereocenters. The fourth-order valence-corrected chi connectivity index (χ4v) is 3.77. The summed E-state index contributed by atoms with van der Waals surface area (Å²) in [4.78, 5) is 25.6. The van der Waals surface area contributed by atoms with E-state index in [4.69, 9.17) is 9.47 Å². The van der Waals surface area contributed by atoms with Crippen LogP contribution in [0.1, 0.15) is 29.9 Å². The van der Waals surface area contributed by atoms with E-state index in [1.807, 2.05) is 41.1 Å². The van der Waals surface area contributed by atoms with Gasteiger partial charge in [0.05, 0.1) is 24.2 Å². The van der Waals surface area contributed by atoms with Crippen LogP contribution in [-0.2, 0) is 22.6 Å². The number of ether oxygens (including phenoxy) is 2. The predicted molar refractivity (Wildman–Crippen MR) is 127 cm³/mol. The van der Waals surface area contributed by atoms with Crippen molar-refractivity contribution in [2.24, 2.45) is 0 Å². The van der Waals surface area contributed by atoms with Crippen molar-refractivity contribution in [2.45, 2.75) is 33.0 Å². The summed E-state index contributed by atoms with van der Waals surface area (Å²) in [5, 5.41) is 2.89. The number of hydrogen-bond acceptors (Lipinski definition) is 4. The zero-order valence-corrected chi connectivity index (χ0v) is 19.2. The summed E-state index contributed by atoms with van der Waals surface area (Å²) in [5.74, 6) is -0.399. The van der Waals surface area contributed by atoms with Gasteiger partial charge in [-0.05, 0) is 67.9 Å². The number of carbonyl (C=O) groups is 2. The van der Waals surface area contributed by atoms with Gasteiger partial charge in [0.1, 0.15) is 23.8 Å². The van der Waals surface area contributed by atoms with Crippen LogP contribution in [0.5, 0.6) is 5.75 Å². The van der Waals surface area contributed by atoms with E-state index in [1.54, 1.807) is 43.7 Å². The summed E-state index contributed by atoms with van der Waals surface area (Å²) in [5.41, 5.74) is 3.30. The largest absolute Gasteiger partial charge is 0.497 e. The number of esters is 1. The van der Waals surface area contributed by atoms with Crippen LogP contribution in [0.25, 0.3) is 16.7 Å². The minimum atomic E-state index is -0.516. The molecule has 0 aliphatic heterocycles. The van der Waals surface area contributed by atoms with Crippen LogP contribution in [0.3, 0.4) is 0 Å². The molecule has 1 amide bonds. The Morgan fingerprint density at radius 1 is 1.03 bits per heavy atom. The highest BCUT2D eigenvalue weighted by Gasteiger charge is 2.22. The fourth-order valence-electron chi connectivity index (χ4n) is 3.77. The zero-order chi connectivity index (χ0) is 24.2. The van der Waals surface area contributed by atoms with Gasteiger partial charge in [-0.2, -0.15) is 0 Å². The second-order valence-electron chi connectivity index (χ2n) is 8.13. The molecule has 0 bridgehead atoms. The van der Waals surface area contributed by atoms with Crippen molar-refractivity contribution >= 4 is 22.9 Å². The first-order valence-corrected chi connectivity index (χ1v) is 10.9. The third-order valence-corrected chi connectivity index (χ3v) is 5.34. The van der Waals surface area contributed by atoms with Gasteiger partial charge in [-0.15, -0.1) is 0 Å². The van der Waals surface area contributed by atoms with E-state index in [1.165, 1.54) is 12.1 Å². The van der Waals surface area contributed by atoms with Gasteiger partial charge in [0.2, 0.25) is 5.91 Å². The molecule has 1 N–H and O–H groups in total. The summed E-state index contributed by atoms with van der Waals surface area (Å²) in [6.45, 7) is 3.79. The molecule has 0 aliphatic carbocycles. The first kappa shape index (κ1) is 23.1. The first-order chi connectivity index (χ1) is 16.4. The Morgan fingerprint density at radius 2 is 1.79 bits per heavy atom. The van der Waals surface area contributed by atoms with Crippen LogP contribution in [0, 0.1) is 5.82 Å². The van der Waals surface area contributed by atoms with Crippen LogP contribution in [0.4, 0.5) is 4.39 Å². The summed E-state index contributed by atoms with van der Waals surface area (Å²) < 4.78 is 27.5. The third-order valence-electron chi connectivity index (χ3n) is 5.34. The van der Waals surface area contributed by atoms with Crippen molar-refractivity contribution in [1.82, 2.24) is 14.5 Å². The van der Waals surface area contributed by atoms with Gasteiger partial charge in [0, 0.05) is 18.4 Å². The van der Waals surface area contributed by atoms with E-state index in [0.29, 0.717) is 23.3 Å². The molecule has 2 heterocycles. The number of hydrogen-bond donors (Lipinski definition) is 1. The number of rotatable bonds is 8. The maximum absolute atomic E-state index is 13.4. The highest BCUT2D eigenvalue weighted by molar-refractivity contribution is 5.96. The lowest BCUT2D eigenvalue weighted by Crippen LogP contribution is -2.28. The number of fused-ring (bicyclic) bond motifs is 1. The second kappa shape index (κ2) is 9.82. The lowest BCUT2D eigenvalue weighted by molar-refractivity contribution is -0.121. The average Bonchev–Trinajstić information content (AvgIpc) is 3.38. The molecule has 8 heteroatoms. The molecular formula is C26H26FN3O4. The van der Waals surface area contributed by atoms with Crippen LogP contribution in [-0.4, -0.2) is 34.2 Å². The number of methoxy groups -OCH3 is 1. The Hall–Kier alpha value is -4.07. The molecule has 34 heavy (non-hydrogen) atoms. The smallest absolute Gasteiger partial charge is 0.355 e. The number of nitrogens with one attached hydrogen (secondary N) is 1. The van der Waals surface area contributed by atoms with E-state index >= 15 is 0 Å². The van der Waals surface area contributed by atoms with E-state index in [9.17, 15) is 14.0 Å². The highest BCUT2D eigenvalue weighted by atomic mass is 19.1. The van der Waals surface area contributed by atoms with E-state index in [2.05, 4.69) is 5.32 Å². The Bertz CT molecular complexity index is 1320. The van der Waals surface area contributed by atoms with Gasteiger partial charge in [0.15, 0.2) is 0 Å². The van der Waals surface area contributed by atoms with Gasteiger partial charge in [0.25, 0.3) is 0 Å². The van der Waals surface area contributed by atoms with Crippen molar-refractivity contribution in [1.29, 1.82) is 0 Å². The molecular weight excluding hydrogens is 437 g/mol. The Kier molecular flexibility index (Phi) is 6.67. The van der Waals surface area contributed by atoms with Crippen molar-refractivity contribution in [3.05, 3.63) is 83.9 Å². The summed E-state index contributed by atoms with van der Waals surface area (Å²) >= 11 is 0. The SMILES string of the molecule is COc1cccc(CNC(=O)Cn2c(C(=O)OC(C)C)cc3c2ccn3-c2ccc(F)cc2)c1. The van der Waals surface area contributed by atoms with Gasteiger partial charge in [-0.3, -0.25) is 4.79 Å². The quantitative estimate of drug-likeness (QED) is 0.392. The molecule has 0 saturated carbocycles. The molecule has 2 aromatic carbocycles. The number of carbonyl (C=O) groups excluding carboxylic acids is 2. The van der Waals surface area contributed by atoms with Crippen LogP contribution in [0.2, 0.25) is 0 Å². The number of amides is 1. The zero-order valence-electron chi connectivity index (χ0n) is 19.2. The van der Waals surface area contributed by atoms with Gasteiger partial charge >= 0.3 is 5.97 Å². The predicted octanol–water partition coefficient (Wildman–Crippen LogP) is 4.46. The molecule has 7 nitrogen and oxygen atoms in total. The average molecular weight is 464 g/mol. The minimum Gasteiger partial charge on any atom is -0.497 e. The van der Waals surface area contributed by atoms with Crippen molar-refractivity contribution in [2.75, 3.05) is 7.11 Å². The minimum absolute atomic E-state index is 0.0660. The molecule has 4 aromatic rings. The van der Waals surface area contributed by atoms with Crippen LogP contribution >= 0.6 is 0 Å². The van der Waals surface area contributed by atoms with Crippen molar-refractivity contribution < 1.29 is 23.5 Å². The summed E-state index contributed by atoms with van der Waals surface area (Å²) in [6, 6.07) is 17.0. The first-order valence-electron chi connectivity index (χ1n) is 10.9. The van der Waals surface area contributed by atoms with Gasteiger partial charge < -0.3 is 23.9 Å². The third kappa shape index (κ3) is 4.96. The van der Waals surface area contributed by atoms with Crippen LogP contribution in [0.15, 0.2) is 66.9 Å². The molecule has 0 unspecified atom stereocenters. The molecule has 0 saturated heterocycles. The molecule has 0 spiro atoms. The fraction of sp³-hybridized carbons (Fsp3) is 0.231. The Labute approximate surface area is 196 Å². The lowest BCUT2D eigenvalue weighted by Gasteiger charge is -2.12. The summed E-state index contributed by atoms with van der Waals surface area (Å²) in [7, 11) is 1.59. The number of nitrogens with zero attached hydrogens (tertiary/aromatic N) is 2. The Balaban J connectivity index is 1.63. The van der Waals surface area contributed by atoms with Gasteiger partial charge in [-0.25, -0.2) is 9.18 Å². The maximum Gasteiger partial charge on any atom is 0.355 e. The molecule has 0 aliphatic rings. The molecule has 176 valence electrons. The standard InChI is InChI=1S/C26H26FN3O4/c1-17(2)34-26(32)24-14-23-22(11-12-29(23)20-9-7-19(27)8-10-20)30(24)16-25(31)28-15-18-5-4-6-21(13-18)33-3/h4-14,17H,15-16H2,1-3H3,(H,28,31).